The molecule has 1 amide bonds. The van der Waals surface area contributed by atoms with Gasteiger partial charge in [-0.25, -0.2) is 9.18 Å². The lowest BCUT2D eigenvalue weighted by Crippen LogP contribution is -2.44. The van der Waals surface area contributed by atoms with Crippen LogP contribution < -0.4 is 0 Å². The zero-order chi connectivity index (χ0) is 23.3. The number of carbonyl (C=O) groups is 2. The van der Waals surface area contributed by atoms with Crippen LogP contribution in [-0.4, -0.2) is 44.4 Å². The Balaban J connectivity index is 1.38. The molecule has 1 atom stereocenters. The van der Waals surface area contributed by atoms with Crippen LogP contribution in [0, 0.1) is 5.82 Å². The lowest BCUT2D eigenvalue weighted by Gasteiger charge is -2.34. The molecule has 0 radical (unpaired) electrons. The second-order valence-electron chi connectivity index (χ2n) is 9.63. The van der Waals surface area contributed by atoms with Gasteiger partial charge in [0.05, 0.1) is 16.0 Å². The maximum atomic E-state index is 14.2. The molecule has 1 aromatic carbocycles. The van der Waals surface area contributed by atoms with Crippen LogP contribution in [0.1, 0.15) is 68.1 Å². The number of hydrogen-bond donors (Lipinski definition) is 0. The van der Waals surface area contributed by atoms with Gasteiger partial charge in [0.2, 0.25) is 0 Å². The number of carbonyl (C=O) groups excluding carboxylic acids is 2. The van der Waals surface area contributed by atoms with E-state index in [-0.39, 0.29) is 23.8 Å². The standard InChI is InChI=1S/C25H28FN3O3S/c1-4-25(2,3)32-24(31)28-13-15-12-17(10-11-21(15)27-28)29(16-8-9-16)23(30)19-14-33-22-18(19)6-5-7-20(22)26/h5-7,13-14,16-17H,4,8-12H2,1-3H3. The number of ether oxygens (including phenoxy) is 1. The monoisotopic (exact) mass is 469 g/mol. The fourth-order valence-electron chi connectivity index (χ4n) is 4.48. The predicted octanol–water partition coefficient (Wildman–Crippen LogP) is 5.57. The third-order valence-electron chi connectivity index (χ3n) is 6.80. The quantitative estimate of drug-likeness (QED) is 0.490. The van der Waals surface area contributed by atoms with Crippen LogP contribution in [-0.2, 0) is 17.6 Å². The Hall–Kier alpha value is -2.74. The van der Waals surface area contributed by atoms with Gasteiger partial charge in [-0.2, -0.15) is 9.78 Å². The third-order valence-corrected chi connectivity index (χ3v) is 7.80. The molecule has 33 heavy (non-hydrogen) atoms. The number of halogens is 1. The molecule has 8 heteroatoms. The molecule has 0 bridgehead atoms. The molecule has 6 nitrogen and oxygen atoms in total. The predicted molar refractivity (Wildman–Crippen MR) is 125 cm³/mol. The van der Waals surface area contributed by atoms with Gasteiger partial charge in [-0.05, 0) is 64.0 Å². The average molecular weight is 470 g/mol. The topological polar surface area (TPSA) is 64.4 Å². The Morgan fingerprint density at radius 2 is 2.06 bits per heavy atom. The Morgan fingerprint density at radius 3 is 2.79 bits per heavy atom. The highest BCUT2D eigenvalue weighted by Gasteiger charge is 2.40. The normalized spacial score (nSPS) is 18.2. The van der Waals surface area contributed by atoms with Crippen LogP contribution in [0.25, 0.3) is 10.1 Å². The van der Waals surface area contributed by atoms with Crippen molar-refractivity contribution in [3.05, 3.63) is 52.4 Å². The fraction of sp³-hybridized carbons (Fsp3) is 0.480. The van der Waals surface area contributed by atoms with Crippen LogP contribution in [0.4, 0.5) is 9.18 Å². The summed E-state index contributed by atoms with van der Waals surface area (Å²) in [5.41, 5.74) is 1.90. The summed E-state index contributed by atoms with van der Waals surface area (Å²) in [6.45, 7) is 5.73. The number of benzene rings is 1. The molecule has 0 spiro atoms. The Morgan fingerprint density at radius 1 is 1.27 bits per heavy atom. The molecular formula is C25H28FN3O3S. The van der Waals surface area contributed by atoms with E-state index in [2.05, 4.69) is 5.10 Å². The van der Waals surface area contributed by atoms with Crippen molar-refractivity contribution in [3.63, 3.8) is 0 Å². The zero-order valence-corrected chi connectivity index (χ0v) is 20.0. The molecule has 1 saturated carbocycles. The molecule has 2 aromatic heterocycles. The number of amides is 1. The first-order valence-corrected chi connectivity index (χ1v) is 12.4. The minimum absolute atomic E-state index is 0.0284. The highest BCUT2D eigenvalue weighted by Crippen LogP contribution is 2.37. The van der Waals surface area contributed by atoms with Gasteiger partial charge in [0, 0.05) is 29.0 Å². The van der Waals surface area contributed by atoms with E-state index in [1.165, 1.54) is 22.1 Å². The van der Waals surface area contributed by atoms with Crippen molar-refractivity contribution < 1.29 is 18.7 Å². The zero-order valence-electron chi connectivity index (χ0n) is 19.1. The molecule has 174 valence electrons. The fourth-order valence-corrected chi connectivity index (χ4v) is 5.43. The third kappa shape index (κ3) is 4.16. The van der Waals surface area contributed by atoms with Gasteiger partial charge in [0.1, 0.15) is 11.4 Å². The molecule has 2 aliphatic carbocycles. The van der Waals surface area contributed by atoms with Crippen molar-refractivity contribution in [2.75, 3.05) is 0 Å². The first-order valence-electron chi connectivity index (χ1n) is 11.6. The van der Waals surface area contributed by atoms with E-state index in [4.69, 9.17) is 4.74 Å². The number of thiophene rings is 1. The van der Waals surface area contributed by atoms with E-state index >= 15 is 0 Å². The highest BCUT2D eigenvalue weighted by molar-refractivity contribution is 7.17. The minimum atomic E-state index is -0.552. The van der Waals surface area contributed by atoms with Crippen LogP contribution >= 0.6 is 11.3 Å². The first-order chi connectivity index (χ1) is 15.8. The molecule has 0 saturated heterocycles. The van der Waals surface area contributed by atoms with Crippen molar-refractivity contribution in [2.24, 2.45) is 0 Å². The average Bonchev–Trinajstić information content (AvgIpc) is 3.35. The lowest BCUT2D eigenvalue weighted by atomic mass is 9.91. The smallest absolute Gasteiger partial charge is 0.435 e. The molecule has 3 aromatic rings. The number of fused-ring (bicyclic) bond motifs is 2. The summed E-state index contributed by atoms with van der Waals surface area (Å²) >= 11 is 1.28. The van der Waals surface area contributed by atoms with E-state index in [0.717, 1.165) is 30.5 Å². The van der Waals surface area contributed by atoms with Crippen LogP contribution in [0.15, 0.2) is 29.8 Å². The summed E-state index contributed by atoms with van der Waals surface area (Å²) in [5, 5.41) is 6.93. The van der Waals surface area contributed by atoms with E-state index < -0.39 is 11.7 Å². The Kier molecular flexibility index (Phi) is 5.51. The van der Waals surface area contributed by atoms with Crippen LogP contribution in [0.2, 0.25) is 0 Å². The van der Waals surface area contributed by atoms with Gasteiger partial charge in [0.25, 0.3) is 5.91 Å². The van der Waals surface area contributed by atoms with Crippen molar-refractivity contribution >= 4 is 33.4 Å². The first kappa shape index (κ1) is 22.1. The largest absolute Gasteiger partial charge is 0.442 e. The summed E-state index contributed by atoms with van der Waals surface area (Å²) in [7, 11) is 0. The molecule has 2 heterocycles. The Labute approximate surface area is 196 Å². The number of hydrogen-bond acceptors (Lipinski definition) is 5. The van der Waals surface area contributed by atoms with Crippen molar-refractivity contribution in [3.8, 4) is 0 Å². The lowest BCUT2D eigenvalue weighted by molar-refractivity contribution is 0.0351. The second-order valence-corrected chi connectivity index (χ2v) is 10.5. The van der Waals surface area contributed by atoms with E-state index in [9.17, 15) is 14.0 Å². The Bertz CT molecular complexity index is 1230. The van der Waals surface area contributed by atoms with Gasteiger partial charge in [-0.3, -0.25) is 4.79 Å². The summed E-state index contributed by atoms with van der Waals surface area (Å²) in [5.74, 6) is -0.318. The molecule has 1 fully saturated rings. The van der Waals surface area contributed by atoms with Crippen LogP contribution in [0.3, 0.4) is 0 Å². The number of aromatic nitrogens is 2. The molecular weight excluding hydrogens is 441 g/mol. The van der Waals surface area contributed by atoms with Gasteiger partial charge in [-0.15, -0.1) is 11.3 Å². The maximum Gasteiger partial charge on any atom is 0.435 e. The summed E-state index contributed by atoms with van der Waals surface area (Å²) in [4.78, 5) is 28.2. The van der Waals surface area contributed by atoms with Gasteiger partial charge < -0.3 is 9.64 Å². The van der Waals surface area contributed by atoms with Crippen molar-refractivity contribution in [1.82, 2.24) is 14.7 Å². The van der Waals surface area contributed by atoms with Gasteiger partial charge in [0.15, 0.2) is 0 Å². The molecule has 0 N–H and O–H groups in total. The molecule has 5 rings (SSSR count). The van der Waals surface area contributed by atoms with Crippen LogP contribution in [0.5, 0.6) is 0 Å². The SMILES string of the molecule is CCC(C)(C)OC(=O)n1cc2c(n1)CCC(N(C(=O)c1csc3c(F)cccc13)C1CC1)C2. The summed E-state index contributed by atoms with van der Waals surface area (Å²) in [6, 6.07) is 5.15. The summed E-state index contributed by atoms with van der Waals surface area (Å²) < 4.78 is 21.6. The number of aryl methyl sites for hydroxylation is 1. The number of nitrogens with zero attached hydrogens (tertiary/aromatic N) is 3. The number of rotatable bonds is 5. The minimum Gasteiger partial charge on any atom is -0.442 e. The van der Waals surface area contributed by atoms with E-state index in [1.54, 1.807) is 17.6 Å². The van der Waals surface area contributed by atoms with E-state index in [0.29, 0.717) is 34.9 Å². The molecule has 2 aliphatic rings. The van der Waals surface area contributed by atoms with Crippen molar-refractivity contribution in [2.45, 2.75) is 77.0 Å². The second kappa shape index (κ2) is 8.24. The van der Waals surface area contributed by atoms with Crippen molar-refractivity contribution in [1.29, 1.82) is 0 Å². The molecule has 0 aliphatic heterocycles. The van der Waals surface area contributed by atoms with Gasteiger partial charge in [-0.1, -0.05) is 19.1 Å². The highest BCUT2D eigenvalue weighted by atomic mass is 32.1. The van der Waals surface area contributed by atoms with E-state index in [1.807, 2.05) is 31.7 Å². The van der Waals surface area contributed by atoms with Gasteiger partial charge >= 0.3 is 6.09 Å². The summed E-state index contributed by atoms with van der Waals surface area (Å²) in [6.07, 6.45) is 6.10. The maximum absolute atomic E-state index is 14.2. The molecule has 1 unspecified atom stereocenters.